The standard InChI is InChI=1S/C27H36N4O5S2/c1-19-8-6-16-30(18-19)38(33,34)21-11-9-20(10-12-21)26(32)31(17-7-15-29(2)3)27-28-24-22(35-4)13-14-23(36-5)25(24)37-27/h9-14,19H,6-8,15-18H2,1-5H3. The lowest BCUT2D eigenvalue weighted by Gasteiger charge is -2.30. The van der Waals surface area contributed by atoms with Gasteiger partial charge < -0.3 is 14.4 Å². The highest BCUT2D eigenvalue weighted by Gasteiger charge is 2.29. The molecule has 0 saturated carbocycles. The van der Waals surface area contributed by atoms with Gasteiger partial charge in [-0.2, -0.15) is 4.31 Å². The number of hydrogen-bond acceptors (Lipinski definition) is 8. The van der Waals surface area contributed by atoms with Crippen LogP contribution in [0.5, 0.6) is 11.5 Å². The fraction of sp³-hybridized carbons (Fsp3) is 0.481. The summed E-state index contributed by atoms with van der Waals surface area (Å²) in [5.41, 5.74) is 1.04. The second-order valence-corrected chi connectivity index (χ2v) is 12.8. The van der Waals surface area contributed by atoms with Gasteiger partial charge >= 0.3 is 0 Å². The highest BCUT2D eigenvalue weighted by Crippen LogP contribution is 2.40. The van der Waals surface area contributed by atoms with Crippen LogP contribution in [0.1, 0.15) is 36.5 Å². The molecule has 11 heteroatoms. The molecule has 1 fully saturated rings. The summed E-state index contributed by atoms with van der Waals surface area (Å²) in [5.74, 6) is 1.36. The van der Waals surface area contributed by atoms with Gasteiger partial charge in [-0.15, -0.1) is 0 Å². The number of fused-ring (bicyclic) bond motifs is 1. The first-order valence-electron chi connectivity index (χ1n) is 12.7. The third-order valence-electron chi connectivity index (χ3n) is 6.72. The molecule has 3 aromatic rings. The number of carbonyl (C=O) groups is 1. The molecule has 1 unspecified atom stereocenters. The van der Waals surface area contributed by atoms with Crippen LogP contribution in [0.25, 0.3) is 10.2 Å². The molecule has 0 bridgehead atoms. The van der Waals surface area contributed by atoms with Crippen LogP contribution in [0, 0.1) is 5.92 Å². The Morgan fingerprint density at radius 2 is 1.76 bits per heavy atom. The molecule has 0 spiro atoms. The van der Waals surface area contributed by atoms with E-state index in [2.05, 4.69) is 11.8 Å². The minimum Gasteiger partial charge on any atom is -0.495 e. The zero-order valence-corrected chi connectivity index (χ0v) is 24.3. The molecule has 1 amide bonds. The van der Waals surface area contributed by atoms with E-state index in [4.69, 9.17) is 14.5 Å². The van der Waals surface area contributed by atoms with Gasteiger partial charge in [0.25, 0.3) is 5.91 Å². The van der Waals surface area contributed by atoms with E-state index in [1.165, 1.54) is 23.5 Å². The van der Waals surface area contributed by atoms with E-state index < -0.39 is 10.0 Å². The molecule has 38 heavy (non-hydrogen) atoms. The van der Waals surface area contributed by atoms with Crippen molar-refractivity contribution >= 4 is 42.6 Å². The van der Waals surface area contributed by atoms with Crippen molar-refractivity contribution in [2.75, 3.05) is 59.4 Å². The molecule has 1 atom stereocenters. The molecule has 1 aliphatic rings. The third-order valence-corrected chi connectivity index (χ3v) is 9.69. The number of carbonyl (C=O) groups excluding carboxylic acids is 1. The number of benzene rings is 2. The normalized spacial score (nSPS) is 16.6. The maximum Gasteiger partial charge on any atom is 0.260 e. The molecule has 9 nitrogen and oxygen atoms in total. The molecule has 1 aliphatic heterocycles. The maximum atomic E-state index is 13.8. The largest absolute Gasteiger partial charge is 0.495 e. The summed E-state index contributed by atoms with van der Waals surface area (Å²) in [6, 6.07) is 9.87. The van der Waals surface area contributed by atoms with Crippen LogP contribution in [0.2, 0.25) is 0 Å². The van der Waals surface area contributed by atoms with Crippen LogP contribution in [-0.2, 0) is 10.0 Å². The predicted octanol–water partition coefficient (Wildman–Crippen LogP) is 4.33. The van der Waals surface area contributed by atoms with Crippen LogP contribution in [0.3, 0.4) is 0 Å². The Morgan fingerprint density at radius 3 is 2.39 bits per heavy atom. The lowest BCUT2D eigenvalue weighted by molar-refractivity contribution is 0.0986. The van der Waals surface area contributed by atoms with Gasteiger partial charge in [0.2, 0.25) is 10.0 Å². The first kappa shape index (κ1) is 28.3. The van der Waals surface area contributed by atoms with E-state index in [0.717, 1.165) is 30.5 Å². The number of methoxy groups -OCH3 is 2. The highest BCUT2D eigenvalue weighted by atomic mass is 32.2. The second-order valence-electron chi connectivity index (χ2n) is 9.89. The fourth-order valence-electron chi connectivity index (χ4n) is 4.66. The van der Waals surface area contributed by atoms with E-state index in [1.54, 1.807) is 41.6 Å². The Hall–Kier alpha value is -2.73. The lowest BCUT2D eigenvalue weighted by Crippen LogP contribution is -2.39. The summed E-state index contributed by atoms with van der Waals surface area (Å²) in [5, 5.41) is 0.533. The van der Waals surface area contributed by atoms with Gasteiger partial charge in [-0.1, -0.05) is 18.3 Å². The van der Waals surface area contributed by atoms with E-state index in [1.807, 2.05) is 20.2 Å². The van der Waals surface area contributed by atoms with E-state index in [-0.39, 0.29) is 10.8 Å². The van der Waals surface area contributed by atoms with Crippen molar-refractivity contribution < 1.29 is 22.7 Å². The molecule has 4 rings (SSSR count). The quantitative estimate of drug-likeness (QED) is 0.364. The molecule has 206 valence electrons. The molecule has 2 aromatic carbocycles. The number of rotatable bonds is 10. The van der Waals surface area contributed by atoms with Crippen LogP contribution in [-0.4, -0.2) is 83.0 Å². The van der Waals surface area contributed by atoms with E-state index >= 15 is 0 Å². The van der Waals surface area contributed by atoms with Crippen molar-refractivity contribution in [3.8, 4) is 11.5 Å². The molecule has 1 aromatic heterocycles. The van der Waals surface area contributed by atoms with Crippen LogP contribution >= 0.6 is 11.3 Å². The number of anilines is 1. The smallest absolute Gasteiger partial charge is 0.260 e. The van der Waals surface area contributed by atoms with Gasteiger partial charge in [-0.3, -0.25) is 9.69 Å². The molecule has 0 aliphatic carbocycles. The monoisotopic (exact) mass is 560 g/mol. The van der Waals surface area contributed by atoms with Crippen LogP contribution in [0.4, 0.5) is 5.13 Å². The van der Waals surface area contributed by atoms with E-state index in [0.29, 0.717) is 53.3 Å². The topological polar surface area (TPSA) is 92.3 Å². The summed E-state index contributed by atoms with van der Waals surface area (Å²) in [6.07, 6.45) is 2.63. The van der Waals surface area contributed by atoms with Crippen molar-refractivity contribution in [2.45, 2.75) is 31.1 Å². The van der Waals surface area contributed by atoms with Gasteiger partial charge in [0.1, 0.15) is 21.7 Å². The molecule has 2 heterocycles. The van der Waals surface area contributed by atoms with Gasteiger partial charge in [0, 0.05) is 25.2 Å². The Balaban J connectivity index is 1.65. The number of thiazole rings is 1. The number of sulfonamides is 1. The zero-order valence-electron chi connectivity index (χ0n) is 22.6. The average molecular weight is 561 g/mol. The van der Waals surface area contributed by atoms with Crippen LogP contribution < -0.4 is 14.4 Å². The number of hydrogen-bond donors (Lipinski definition) is 0. The van der Waals surface area contributed by atoms with Crippen molar-refractivity contribution in [3.05, 3.63) is 42.0 Å². The number of aromatic nitrogens is 1. The molecule has 0 radical (unpaired) electrons. The summed E-state index contributed by atoms with van der Waals surface area (Å²) in [4.78, 5) is 22.5. The molecule has 0 N–H and O–H groups in total. The first-order chi connectivity index (χ1) is 18.1. The van der Waals surface area contributed by atoms with Gasteiger partial charge in [-0.05, 0) is 82.2 Å². The minimum absolute atomic E-state index is 0.205. The maximum absolute atomic E-state index is 13.8. The fourth-order valence-corrected chi connectivity index (χ4v) is 7.35. The number of amides is 1. The van der Waals surface area contributed by atoms with Crippen molar-refractivity contribution in [2.24, 2.45) is 5.92 Å². The number of ether oxygens (including phenoxy) is 2. The van der Waals surface area contributed by atoms with E-state index in [9.17, 15) is 13.2 Å². The van der Waals surface area contributed by atoms with Crippen LogP contribution in [0.15, 0.2) is 41.3 Å². The SMILES string of the molecule is COc1ccc(OC)c2sc(N(CCCN(C)C)C(=O)c3ccc(S(=O)(=O)N4CCCC(C)C4)cc3)nc12. The Bertz CT molecular complexity index is 1330. The average Bonchev–Trinajstić information content (AvgIpc) is 3.35. The number of piperidine rings is 1. The summed E-state index contributed by atoms with van der Waals surface area (Å²) in [7, 11) is 3.56. The summed E-state index contributed by atoms with van der Waals surface area (Å²) < 4.78 is 39.7. The van der Waals surface area contributed by atoms with Gasteiger partial charge in [-0.25, -0.2) is 13.4 Å². The van der Waals surface area contributed by atoms with Crippen molar-refractivity contribution in [3.63, 3.8) is 0 Å². The third kappa shape index (κ3) is 5.96. The minimum atomic E-state index is -3.60. The van der Waals surface area contributed by atoms with Crippen molar-refractivity contribution in [1.82, 2.24) is 14.2 Å². The lowest BCUT2D eigenvalue weighted by atomic mass is 10.0. The van der Waals surface area contributed by atoms with Gasteiger partial charge in [0.15, 0.2) is 5.13 Å². The zero-order chi connectivity index (χ0) is 27.4. The molecular formula is C27H36N4O5S2. The second kappa shape index (κ2) is 12.0. The predicted molar refractivity (Wildman–Crippen MR) is 151 cm³/mol. The number of nitrogens with zero attached hydrogens (tertiary/aromatic N) is 4. The Labute approximate surface area is 229 Å². The van der Waals surface area contributed by atoms with Crippen molar-refractivity contribution in [1.29, 1.82) is 0 Å². The van der Waals surface area contributed by atoms with Gasteiger partial charge in [0.05, 0.1) is 19.1 Å². The molecular weight excluding hydrogens is 524 g/mol. The molecule has 1 saturated heterocycles. The Morgan fingerprint density at radius 1 is 1.08 bits per heavy atom. The highest BCUT2D eigenvalue weighted by molar-refractivity contribution is 7.89. The summed E-state index contributed by atoms with van der Waals surface area (Å²) in [6.45, 7) is 4.37. The first-order valence-corrected chi connectivity index (χ1v) is 15.0. The Kier molecular flexibility index (Phi) is 8.92. The summed E-state index contributed by atoms with van der Waals surface area (Å²) >= 11 is 1.37.